The molecule has 1 fully saturated rings. The molecule has 2 rings (SSSR count). The molecule has 2 amide bonds. The van der Waals surface area contributed by atoms with Crippen LogP contribution < -0.4 is 10.1 Å². The summed E-state index contributed by atoms with van der Waals surface area (Å²) in [6.45, 7) is 1.65. The van der Waals surface area contributed by atoms with E-state index in [9.17, 15) is 4.79 Å². The fourth-order valence-corrected chi connectivity index (χ4v) is 2.24. The zero-order chi connectivity index (χ0) is 13.5. The molecule has 1 aliphatic rings. The monoisotopic (exact) mass is 264 g/mol. The second-order valence-electron chi connectivity index (χ2n) is 4.57. The number of nitrogens with zero attached hydrogens (tertiary/aromatic N) is 1. The summed E-state index contributed by atoms with van der Waals surface area (Å²) >= 11 is 0. The van der Waals surface area contributed by atoms with Crippen LogP contribution in [0.4, 0.5) is 4.79 Å². The van der Waals surface area contributed by atoms with Gasteiger partial charge in [0.25, 0.3) is 0 Å². The lowest BCUT2D eigenvalue weighted by Gasteiger charge is -2.23. The molecule has 1 aromatic carbocycles. The van der Waals surface area contributed by atoms with Crippen molar-refractivity contribution in [3.05, 3.63) is 30.3 Å². The van der Waals surface area contributed by atoms with Crippen molar-refractivity contribution in [2.75, 3.05) is 26.3 Å². The Labute approximate surface area is 113 Å². The summed E-state index contributed by atoms with van der Waals surface area (Å²) < 4.78 is 5.49. The van der Waals surface area contributed by atoms with Gasteiger partial charge < -0.3 is 20.1 Å². The molecule has 1 saturated heterocycles. The Morgan fingerprint density at radius 2 is 2.21 bits per heavy atom. The van der Waals surface area contributed by atoms with E-state index in [-0.39, 0.29) is 18.7 Å². The number of benzene rings is 1. The first-order valence-corrected chi connectivity index (χ1v) is 6.64. The average molecular weight is 264 g/mol. The third kappa shape index (κ3) is 3.86. The summed E-state index contributed by atoms with van der Waals surface area (Å²) in [5, 5.41) is 12.0. The van der Waals surface area contributed by atoms with Gasteiger partial charge in [0, 0.05) is 6.54 Å². The molecule has 0 bridgehead atoms. The van der Waals surface area contributed by atoms with Crippen LogP contribution in [0.5, 0.6) is 5.75 Å². The number of para-hydroxylation sites is 1. The van der Waals surface area contributed by atoms with Crippen molar-refractivity contribution in [1.82, 2.24) is 10.2 Å². The van der Waals surface area contributed by atoms with E-state index in [1.165, 1.54) is 0 Å². The third-order valence-electron chi connectivity index (χ3n) is 3.24. The second-order valence-corrected chi connectivity index (χ2v) is 4.57. The van der Waals surface area contributed by atoms with Gasteiger partial charge in [0.2, 0.25) is 0 Å². The zero-order valence-electron chi connectivity index (χ0n) is 10.9. The van der Waals surface area contributed by atoms with Crippen LogP contribution >= 0.6 is 0 Å². The Bertz CT molecular complexity index is 397. The van der Waals surface area contributed by atoms with Crippen LogP contribution in [0.2, 0.25) is 0 Å². The van der Waals surface area contributed by atoms with Gasteiger partial charge in [-0.2, -0.15) is 0 Å². The summed E-state index contributed by atoms with van der Waals surface area (Å²) in [6, 6.07) is 9.35. The van der Waals surface area contributed by atoms with Crippen molar-refractivity contribution in [3.63, 3.8) is 0 Å². The molecule has 0 aliphatic carbocycles. The fourth-order valence-electron chi connectivity index (χ4n) is 2.24. The molecular weight excluding hydrogens is 244 g/mol. The van der Waals surface area contributed by atoms with Crippen LogP contribution in [0.25, 0.3) is 0 Å². The Kier molecular flexibility index (Phi) is 5.03. The first-order valence-electron chi connectivity index (χ1n) is 6.64. The van der Waals surface area contributed by atoms with E-state index >= 15 is 0 Å². The smallest absolute Gasteiger partial charge is 0.317 e. The maximum atomic E-state index is 11.9. The van der Waals surface area contributed by atoms with Crippen LogP contribution in [0, 0.1) is 0 Å². The molecule has 1 atom stereocenters. The second kappa shape index (κ2) is 6.99. The van der Waals surface area contributed by atoms with Crippen LogP contribution in [-0.4, -0.2) is 48.4 Å². The van der Waals surface area contributed by atoms with Crippen LogP contribution in [0.1, 0.15) is 12.8 Å². The molecule has 1 heterocycles. The molecule has 0 unspecified atom stereocenters. The van der Waals surface area contributed by atoms with E-state index in [1.807, 2.05) is 30.3 Å². The Morgan fingerprint density at radius 1 is 1.42 bits per heavy atom. The number of ether oxygens (including phenoxy) is 1. The summed E-state index contributed by atoms with van der Waals surface area (Å²) in [5.74, 6) is 0.797. The van der Waals surface area contributed by atoms with E-state index in [4.69, 9.17) is 9.84 Å². The topological polar surface area (TPSA) is 61.8 Å². The minimum absolute atomic E-state index is 0.0324. The predicted octanol–water partition coefficient (Wildman–Crippen LogP) is 1.23. The molecule has 0 spiro atoms. The Morgan fingerprint density at radius 3 is 2.95 bits per heavy atom. The molecule has 1 aliphatic heterocycles. The largest absolute Gasteiger partial charge is 0.492 e. The number of aliphatic hydroxyl groups excluding tert-OH is 1. The first kappa shape index (κ1) is 13.7. The van der Waals surface area contributed by atoms with Crippen LogP contribution in [-0.2, 0) is 0 Å². The van der Waals surface area contributed by atoms with Crippen molar-refractivity contribution in [3.8, 4) is 5.75 Å². The summed E-state index contributed by atoms with van der Waals surface area (Å²) in [6.07, 6.45) is 1.84. The number of carbonyl (C=O) groups is 1. The highest BCUT2D eigenvalue weighted by molar-refractivity contribution is 5.74. The lowest BCUT2D eigenvalue weighted by Crippen LogP contribution is -2.45. The van der Waals surface area contributed by atoms with Gasteiger partial charge in [-0.15, -0.1) is 0 Å². The highest BCUT2D eigenvalue weighted by atomic mass is 16.5. The van der Waals surface area contributed by atoms with Gasteiger partial charge >= 0.3 is 6.03 Å². The quantitative estimate of drug-likeness (QED) is 0.786. The number of urea groups is 1. The number of aliphatic hydroxyl groups is 1. The highest BCUT2D eigenvalue weighted by Gasteiger charge is 2.27. The van der Waals surface area contributed by atoms with Gasteiger partial charge in [0.15, 0.2) is 0 Å². The fraction of sp³-hybridized carbons (Fsp3) is 0.500. The normalized spacial score (nSPS) is 18.4. The average Bonchev–Trinajstić information content (AvgIpc) is 2.93. The first-order chi connectivity index (χ1) is 9.31. The van der Waals surface area contributed by atoms with Crippen molar-refractivity contribution >= 4 is 6.03 Å². The number of rotatable bonds is 5. The molecule has 19 heavy (non-hydrogen) atoms. The van der Waals surface area contributed by atoms with Gasteiger partial charge in [-0.3, -0.25) is 0 Å². The van der Waals surface area contributed by atoms with E-state index < -0.39 is 0 Å². The molecular formula is C14H20N2O3. The third-order valence-corrected chi connectivity index (χ3v) is 3.24. The molecule has 104 valence electrons. The predicted molar refractivity (Wildman–Crippen MR) is 72.1 cm³/mol. The maximum Gasteiger partial charge on any atom is 0.317 e. The van der Waals surface area contributed by atoms with Crippen LogP contribution in [0.3, 0.4) is 0 Å². The number of hydrogen-bond acceptors (Lipinski definition) is 3. The van der Waals surface area contributed by atoms with Crippen molar-refractivity contribution < 1.29 is 14.6 Å². The van der Waals surface area contributed by atoms with Gasteiger partial charge in [-0.05, 0) is 25.0 Å². The van der Waals surface area contributed by atoms with Gasteiger partial charge in [0.05, 0.1) is 19.2 Å². The summed E-state index contributed by atoms with van der Waals surface area (Å²) in [7, 11) is 0. The highest BCUT2D eigenvalue weighted by Crippen LogP contribution is 2.16. The van der Waals surface area contributed by atoms with E-state index in [1.54, 1.807) is 4.90 Å². The van der Waals surface area contributed by atoms with E-state index in [0.717, 1.165) is 25.1 Å². The van der Waals surface area contributed by atoms with Gasteiger partial charge in [-0.1, -0.05) is 18.2 Å². The van der Waals surface area contributed by atoms with Gasteiger partial charge in [0.1, 0.15) is 12.4 Å². The SMILES string of the molecule is O=C(NCCOc1ccccc1)N1CCC[C@H]1CO. The molecule has 5 nitrogen and oxygen atoms in total. The molecule has 0 radical (unpaired) electrons. The number of carbonyl (C=O) groups excluding carboxylic acids is 1. The number of amides is 2. The number of nitrogens with one attached hydrogen (secondary N) is 1. The van der Waals surface area contributed by atoms with Gasteiger partial charge in [-0.25, -0.2) is 4.79 Å². The molecule has 0 saturated carbocycles. The minimum atomic E-state index is -0.117. The van der Waals surface area contributed by atoms with E-state index in [2.05, 4.69) is 5.32 Å². The number of hydrogen-bond donors (Lipinski definition) is 2. The van der Waals surface area contributed by atoms with Crippen molar-refractivity contribution in [2.24, 2.45) is 0 Å². The lowest BCUT2D eigenvalue weighted by atomic mass is 10.2. The molecule has 5 heteroatoms. The Hall–Kier alpha value is -1.75. The molecule has 0 aromatic heterocycles. The lowest BCUT2D eigenvalue weighted by molar-refractivity contribution is 0.156. The molecule has 1 aromatic rings. The van der Waals surface area contributed by atoms with Crippen LogP contribution in [0.15, 0.2) is 30.3 Å². The number of likely N-dealkylation sites (tertiary alicyclic amines) is 1. The van der Waals surface area contributed by atoms with E-state index in [0.29, 0.717) is 13.2 Å². The molecule has 2 N–H and O–H groups in total. The maximum absolute atomic E-state index is 11.9. The zero-order valence-corrected chi connectivity index (χ0v) is 10.9. The van der Waals surface area contributed by atoms with Crippen molar-refractivity contribution in [2.45, 2.75) is 18.9 Å². The summed E-state index contributed by atoms with van der Waals surface area (Å²) in [5.41, 5.74) is 0. The Balaban J connectivity index is 1.67. The summed E-state index contributed by atoms with van der Waals surface area (Å²) in [4.78, 5) is 13.6. The standard InChI is InChI=1S/C14H20N2O3/c17-11-12-5-4-9-16(12)14(18)15-8-10-19-13-6-2-1-3-7-13/h1-3,6-7,12,17H,4-5,8-11H2,(H,15,18)/t12-/m0/s1. The van der Waals surface area contributed by atoms with Crippen molar-refractivity contribution in [1.29, 1.82) is 0 Å². The minimum Gasteiger partial charge on any atom is -0.492 e.